The molecule has 0 saturated heterocycles. The zero-order valence-corrected chi connectivity index (χ0v) is 7.99. The summed E-state index contributed by atoms with van der Waals surface area (Å²) in [5, 5.41) is 8.85. The summed E-state index contributed by atoms with van der Waals surface area (Å²) in [6.45, 7) is 2.81. The first-order valence-corrected chi connectivity index (χ1v) is 4.41. The normalized spacial score (nSPS) is 10.1. The topological polar surface area (TPSA) is 58.6 Å². The highest BCUT2D eigenvalue weighted by atomic mass is 16.6. The molecule has 1 rings (SSSR count). The minimum absolute atomic E-state index is 0.305. The van der Waals surface area contributed by atoms with Crippen molar-refractivity contribution in [2.45, 2.75) is 13.5 Å². The van der Waals surface area contributed by atoms with Crippen LogP contribution >= 0.6 is 0 Å². The van der Waals surface area contributed by atoms with Crippen LogP contribution in [0.15, 0.2) is 24.3 Å². The second-order valence-electron chi connectivity index (χ2n) is 2.72. The number of rotatable bonds is 5. The molecule has 0 aliphatic rings. The fraction of sp³-hybridized carbons (Fsp3) is 0.300. The number of benzene rings is 1. The van der Waals surface area contributed by atoms with E-state index in [2.05, 4.69) is 5.48 Å². The first kappa shape index (κ1) is 10.7. The first-order valence-electron chi connectivity index (χ1n) is 4.41. The van der Waals surface area contributed by atoms with Crippen LogP contribution in [0.2, 0.25) is 0 Å². The maximum atomic E-state index is 10.8. The Kier molecular flexibility index (Phi) is 4.10. The molecule has 1 aromatic rings. The van der Waals surface area contributed by atoms with Crippen LogP contribution in [0.3, 0.4) is 0 Å². The molecular weight excluding hydrogens is 182 g/mol. The minimum atomic E-state index is -0.918. The SMILES string of the molecule is CCONCc1ccccc1C(=O)O. The highest BCUT2D eigenvalue weighted by Crippen LogP contribution is 2.07. The predicted molar refractivity (Wildman–Crippen MR) is 51.9 cm³/mol. The average molecular weight is 195 g/mol. The third-order valence-electron chi connectivity index (χ3n) is 1.76. The molecule has 14 heavy (non-hydrogen) atoms. The third-order valence-corrected chi connectivity index (χ3v) is 1.76. The van der Waals surface area contributed by atoms with Crippen molar-refractivity contribution in [3.63, 3.8) is 0 Å². The Morgan fingerprint density at radius 1 is 1.50 bits per heavy atom. The number of carboxylic acids is 1. The molecule has 4 nitrogen and oxygen atoms in total. The standard InChI is InChI=1S/C10H13NO3/c1-2-14-11-7-8-5-3-4-6-9(8)10(12)13/h3-6,11H,2,7H2,1H3,(H,12,13). The van der Waals surface area contributed by atoms with Gasteiger partial charge in [0.05, 0.1) is 12.2 Å². The molecule has 0 atom stereocenters. The van der Waals surface area contributed by atoms with Crippen molar-refractivity contribution >= 4 is 5.97 Å². The van der Waals surface area contributed by atoms with Gasteiger partial charge in [0.25, 0.3) is 0 Å². The molecule has 0 amide bonds. The van der Waals surface area contributed by atoms with E-state index in [-0.39, 0.29) is 0 Å². The Balaban J connectivity index is 2.69. The fourth-order valence-electron chi connectivity index (χ4n) is 1.11. The average Bonchev–Trinajstić information content (AvgIpc) is 2.19. The number of hydrogen-bond donors (Lipinski definition) is 2. The maximum absolute atomic E-state index is 10.8. The molecule has 0 saturated carbocycles. The van der Waals surface area contributed by atoms with E-state index in [4.69, 9.17) is 9.94 Å². The monoisotopic (exact) mass is 195 g/mol. The first-order chi connectivity index (χ1) is 6.75. The highest BCUT2D eigenvalue weighted by molar-refractivity contribution is 5.89. The molecule has 0 spiro atoms. The molecular formula is C10H13NO3. The van der Waals surface area contributed by atoms with Gasteiger partial charge in [0.2, 0.25) is 0 Å². The van der Waals surface area contributed by atoms with Crippen LogP contribution in [0.4, 0.5) is 0 Å². The van der Waals surface area contributed by atoms with Crippen LogP contribution < -0.4 is 5.48 Å². The van der Waals surface area contributed by atoms with Crippen molar-refractivity contribution in [1.82, 2.24) is 5.48 Å². The second kappa shape index (κ2) is 5.36. The summed E-state index contributed by atoms with van der Waals surface area (Å²) in [5.74, 6) is -0.918. The van der Waals surface area contributed by atoms with E-state index >= 15 is 0 Å². The van der Waals surface area contributed by atoms with E-state index in [0.29, 0.717) is 24.3 Å². The van der Waals surface area contributed by atoms with Crippen LogP contribution in [0, 0.1) is 0 Å². The molecule has 2 N–H and O–H groups in total. The lowest BCUT2D eigenvalue weighted by Crippen LogP contribution is -2.16. The van der Waals surface area contributed by atoms with E-state index in [1.54, 1.807) is 24.3 Å². The summed E-state index contributed by atoms with van der Waals surface area (Å²) in [7, 11) is 0. The molecule has 0 aromatic heterocycles. The van der Waals surface area contributed by atoms with Crippen molar-refractivity contribution in [3.05, 3.63) is 35.4 Å². The van der Waals surface area contributed by atoms with Crippen molar-refractivity contribution in [2.24, 2.45) is 0 Å². The highest BCUT2D eigenvalue weighted by Gasteiger charge is 2.07. The molecule has 0 aliphatic heterocycles. The van der Waals surface area contributed by atoms with Crippen molar-refractivity contribution in [1.29, 1.82) is 0 Å². The Morgan fingerprint density at radius 2 is 2.21 bits per heavy atom. The summed E-state index contributed by atoms with van der Waals surface area (Å²) >= 11 is 0. The lowest BCUT2D eigenvalue weighted by Gasteiger charge is -2.06. The molecule has 0 aliphatic carbocycles. The van der Waals surface area contributed by atoms with Gasteiger partial charge in [-0.2, -0.15) is 5.48 Å². The molecule has 76 valence electrons. The van der Waals surface area contributed by atoms with Gasteiger partial charge in [0.1, 0.15) is 0 Å². The van der Waals surface area contributed by atoms with Gasteiger partial charge in [-0.3, -0.25) is 0 Å². The molecule has 4 heteroatoms. The zero-order chi connectivity index (χ0) is 10.4. The molecule has 0 bridgehead atoms. The van der Waals surface area contributed by atoms with Gasteiger partial charge in [0, 0.05) is 6.54 Å². The Bertz CT molecular complexity index is 312. The lowest BCUT2D eigenvalue weighted by molar-refractivity contribution is 0.0458. The van der Waals surface area contributed by atoms with Gasteiger partial charge in [-0.25, -0.2) is 4.79 Å². The van der Waals surface area contributed by atoms with Crippen molar-refractivity contribution < 1.29 is 14.7 Å². The number of carbonyl (C=O) groups is 1. The van der Waals surface area contributed by atoms with Crippen LogP contribution in [-0.4, -0.2) is 17.7 Å². The Morgan fingerprint density at radius 3 is 2.86 bits per heavy atom. The van der Waals surface area contributed by atoms with E-state index in [0.717, 1.165) is 0 Å². The van der Waals surface area contributed by atoms with Crippen molar-refractivity contribution in [3.8, 4) is 0 Å². The van der Waals surface area contributed by atoms with Crippen LogP contribution in [0.5, 0.6) is 0 Å². The van der Waals surface area contributed by atoms with Gasteiger partial charge in [-0.1, -0.05) is 18.2 Å². The quantitative estimate of drug-likeness (QED) is 0.551. The summed E-state index contributed by atoms with van der Waals surface area (Å²) in [6, 6.07) is 6.84. The second-order valence-corrected chi connectivity index (χ2v) is 2.72. The van der Waals surface area contributed by atoms with E-state index < -0.39 is 5.97 Å². The lowest BCUT2D eigenvalue weighted by atomic mass is 10.1. The van der Waals surface area contributed by atoms with Crippen LogP contribution in [0.1, 0.15) is 22.8 Å². The summed E-state index contributed by atoms with van der Waals surface area (Å²) < 4.78 is 0. The largest absolute Gasteiger partial charge is 0.478 e. The Labute approximate surface area is 82.5 Å². The van der Waals surface area contributed by atoms with Gasteiger partial charge in [-0.15, -0.1) is 0 Å². The minimum Gasteiger partial charge on any atom is -0.478 e. The molecule has 0 radical (unpaired) electrons. The third kappa shape index (κ3) is 2.83. The van der Waals surface area contributed by atoms with Crippen molar-refractivity contribution in [2.75, 3.05) is 6.61 Å². The van der Waals surface area contributed by atoms with E-state index in [1.165, 1.54) is 0 Å². The maximum Gasteiger partial charge on any atom is 0.336 e. The van der Waals surface area contributed by atoms with Gasteiger partial charge >= 0.3 is 5.97 Å². The number of hydrogen-bond acceptors (Lipinski definition) is 3. The number of aromatic carboxylic acids is 1. The predicted octanol–water partition coefficient (Wildman–Crippen LogP) is 1.43. The Hall–Kier alpha value is -1.39. The molecule has 0 heterocycles. The number of carboxylic acid groups (broad SMARTS) is 1. The fourth-order valence-corrected chi connectivity index (χ4v) is 1.11. The van der Waals surface area contributed by atoms with E-state index in [9.17, 15) is 4.79 Å². The summed E-state index contributed by atoms with van der Waals surface area (Å²) in [6.07, 6.45) is 0. The summed E-state index contributed by atoms with van der Waals surface area (Å²) in [5.41, 5.74) is 3.70. The summed E-state index contributed by atoms with van der Waals surface area (Å²) in [4.78, 5) is 15.7. The van der Waals surface area contributed by atoms with Gasteiger partial charge < -0.3 is 9.94 Å². The zero-order valence-electron chi connectivity index (χ0n) is 7.99. The molecule has 1 aromatic carbocycles. The number of nitrogens with one attached hydrogen (secondary N) is 1. The molecule has 0 unspecified atom stereocenters. The van der Waals surface area contributed by atoms with Gasteiger partial charge in [0.15, 0.2) is 0 Å². The van der Waals surface area contributed by atoms with Crippen LogP contribution in [0.25, 0.3) is 0 Å². The smallest absolute Gasteiger partial charge is 0.336 e. The molecule has 0 fully saturated rings. The van der Waals surface area contributed by atoms with E-state index in [1.807, 2.05) is 6.92 Å². The van der Waals surface area contributed by atoms with Gasteiger partial charge in [-0.05, 0) is 18.6 Å². The van der Waals surface area contributed by atoms with Crippen LogP contribution in [-0.2, 0) is 11.4 Å². The number of hydroxylamine groups is 1.